The van der Waals surface area contributed by atoms with Crippen molar-refractivity contribution in [1.82, 2.24) is 4.90 Å². The highest BCUT2D eigenvalue weighted by atomic mass is 16.5. The number of hydrogen-bond acceptors (Lipinski definition) is 2. The Morgan fingerprint density at radius 1 is 1.00 bits per heavy atom. The summed E-state index contributed by atoms with van der Waals surface area (Å²) in [6, 6.07) is 18.0. The zero-order valence-corrected chi connectivity index (χ0v) is 16.4. The number of methoxy groups -OCH3 is 1. The van der Waals surface area contributed by atoms with Crippen LogP contribution in [0.5, 0.6) is 5.75 Å². The molecule has 0 fully saturated rings. The van der Waals surface area contributed by atoms with Gasteiger partial charge in [0.25, 0.3) is 0 Å². The van der Waals surface area contributed by atoms with Crippen molar-refractivity contribution in [2.75, 3.05) is 13.7 Å². The molecule has 2 aromatic rings. The van der Waals surface area contributed by atoms with Crippen LogP contribution in [0, 0.1) is 6.92 Å². The van der Waals surface area contributed by atoms with E-state index in [1.807, 2.05) is 0 Å². The summed E-state index contributed by atoms with van der Waals surface area (Å²) in [5, 5.41) is 0. The zero-order chi connectivity index (χ0) is 18.4. The summed E-state index contributed by atoms with van der Waals surface area (Å²) in [5.41, 5.74) is 4.84. The van der Waals surface area contributed by atoms with E-state index in [9.17, 15) is 0 Å². The molecule has 134 valence electrons. The van der Waals surface area contributed by atoms with Crippen molar-refractivity contribution in [3.8, 4) is 5.75 Å². The van der Waals surface area contributed by atoms with Crippen molar-refractivity contribution in [3.63, 3.8) is 0 Å². The van der Waals surface area contributed by atoms with Crippen LogP contribution < -0.4 is 4.74 Å². The van der Waals surface area contributed by atoms with Gasteiger partial charge in [0, 0.05) is 24.2 Å². The normalized spacial score (nSPS) is 12.3. The Morgan fingerprint density at radius 3 is 2.20 bits per heavy atom. The maximum atomic E-state index is 5.65. The summed E-state index contributed by atoms with van der Waals surface area (Å²) in [4.78, 5) is 2.49. The number of ether oxygens (including phenoxy) is 1. The molecule has 0 aliphatic carbocycles. The molecule has 0 amide bonds. The number of rotatable bonds is 7. The fourth-order valence-electron chi connectivity index (χ4n) is 3.25. The van der Waals surface area contributed by atoms with Gasteiger partial charge in [-0.2, -0.15) is 0 Å². The molecule has 0 atom stereocenters. The Morgan fingerprint density at radius 2 is 1.64 bits per heavy atom. The molecule has 0 N–H and O–H groups in total. The highest BCUT2D eigenvalue weighted by Crippen LogP contribution is 2.32. The van der Waals surface area contributed by atoms with Crippen LogP contribution in [-0.2, 0) is 0 Å². The predicted molar refractivity (Wildman–Crippen MR) is 108 cm³/mol. The van der Waals surface area contributed by atoms with Crippen LogP contribution in [0.3, 0.4) is 0 Å². The molecular weight excluding hydrogens is 306 g/mol. The van der Waals surface area contributed by atoms with Gasteiger partial charge < -0.3 is 4.74 Å². The average Bonchev–Trinajstić information content (AvgIpc) is 2.59. The van der Waals surface area contributed by atoms with E-state index in [4.69, 9.17) is 4.74 Å². The Bertz CT molecular complexity index is 693. The third-order valence-corrected chi connectivity index (χ3v) is 4.56. The van der Waals surface area contributed by atoms with Crippen molar-refractivity contribution in [2.24, 2.45) is 0 Å². The molecule has 0 saturated heterocycles. The van der Waals surface area contributed by atoms with Gasteiger partial charge in [0.05, 0.1) is 7.11 Å². The maximum Gasteiger partial charge on any atom is 0.126 e. The van der Waals surface area contributed by atoms with Gasteiger partial charge in [0.15, 0.2) is 0 Å². The summed E-state index contributed by atoms with van der Waals surface area (Å²) in [7, 11) is 1.74. The van der Waals surface area contributed by atoms with Crippen LogP contribution in [0.2, 0.25) is 0 Å². The molecule has 0 aliphatic rings. The van der Waals surface area contributed by atoms with Gasteiger partial charge in [-0.15, -0.1) is 0 Å². The largest absolute Gasteiger partial charge is 0.496 e. The van der Waals surface area contributed by atoms with E-state index in [2.05, 4.69) is 94.1 Å². The zero-order valence-electron chi connectivity index (χ0n) is 16.4. The van der Waals surface area contributed by atoms with Crippen molar-refractivity contribution in [1.29, 1.82) is 0 Å². The lowest BCUT2D eigenvalue weighted by Crippen LogP contribution is -2.37. The van der Waals surface area contributed by atoms with E-state index in [0.717, 1.165) is 17.9 Å². The SMILES string of the molecule is COc1ccc(C)cc1C(=CCN(C(C)C)C(C)C)c1ccccc1. The molecule has 2 aromatic carbocycles. The van der Waals surface area contributed by atoms with Crippen molar-refractivity contribution in [2.45, 2.75) is 46.7 Å². The van der Waals surface area contributed by atoms with Gasteiger partial charge in [0.1, 0.15) is 5.75 Å². The van der Waals surface area contributed by atoms with E-state index in [1.54, 1.807) is 7.11 Å². The first-order chi connectivity index (χ1) is 11.9. The van der Waals surface area contributed by atoms with Crippen LogP contribution in [0.15, 0.2) is 54.6 Å². The molecule has 0 bridgehead atoms. The van der Waals surface area contributed by atoms with Gasteiger partial charge in [-0.3, -0.25) is 4.90 Å². The molecular formula is C23H31NO. The Balaban J connectivity index is 2.52. The summed E-state index contributed by atoms with van der Waals surface area (Å²) in [5.74, 6) is 0.918. The molecule has 0 aromatic heterocycles. The summed E-state index contributed by atoms with van der Waals surface area (Å²) < 4.78 is 5.65. The molecule has 0 saturated carbocycles. The van der Waals surface area contributed by atoms with Gasteiger partial charge in [-0.05, 0) is 57.9 Å². The van der Waals surface area contributed by atoms with E-state index in [0.29, 0.717) is 12.1 Å². The maximum absolute atomic E-state index is 5.65. The predicted octanol–water partition coefficient (Wildman–Crippen LogP) is 5.55. The first kappa shape index (κ1) is 19.3. The topological polar surface area (TPSA) is 12.5 Å². The summed E-state index contributed by atoms with van der Waals surface area (Å²) >= 11 is 0. The lowest BCUT2D eigenvalue weighted by Gasteiger charge is -2.29. The highest BCUT2D eigenvalue weighted by molar-refractivity contribution is 5.83. The van der Waals surface area contributed by atoms with Crippen molar-refractivity contribution < 1.29 is 4.74 Å². The highest BCUT2D eigenvalue weighted by Gasteiger charge is 2.15. The Hall–Kier alpha value is -2.06. The molecule has 0 radical (unpaired) electrons. The van der Waals surface area contributed by atoms with Crippen molar-refractivity contribution >= 4 is 5.57 Å². The minimum Gasteiger partial charge on any atom is -0.496 e. The third kappa shape index (κ3) is 4.96. The minimum absolute atomic E-state index is 0.507. The average molecular weight is 338 g/mol. The van der Waals surface area contributed by atoms with E-state index in [1.165, 1.54) is 16.7 Å². The second kappa shape index (κ2) is 8.87. The smallest absolute Gasteiger partial charge is 0.126 e. The van der Waals surface area contributed by atoms with Crippen LogP contribution in [0.25, 0.3) is 5.57 Å². The monoisotopic (exact) mass is 337 g/mol. The second-order valence-electron chi connectivity index (χ2n) is 7.07. The number of nitrogens with zero attached hydrogens (tertiary/aromatic N) is 1. The number of benzene rings is 2. The lowest BCUT2D eigenvalue weighted by atomic mass is 9.95. The van der Waals surface area contributed by atoms with Crippen LogP contribution in [0.4, 0.5) is 0 Å². The van der Waals surface area contributed by atoms with Crippen molar-refractivity contribution in [3.05, 3.63) is 71.3 Å². The first-order valence-corrected chi connectivity index (χ1v) is 9.10. The van der Waals surface area contributed by atoms with E-state index in [-0.39, 0.29) is 0 Å². The van der Waals surface area contributed by atoms with Gasteiger partial charge in [-0.1, -0.05) is 48.0 Å². The lowest BCUT2D eigenvalue weighted by molar-refractivity contribution is 0.196. The molecule has 0 spiro atoms. The molecule has 25 heavy (non-hydrogen) atoms. The molecule has 2 nitrogen and oxygen atoms in total. The van der Waals surface area contributed by atoms with Crippen LogP contribution in [-0.4, -0.2) is 30.6 Å². The molecule has 0 aliphatic heterocycles. The second-order valence-corrected chi connectivity index (χ2v) is 7.07. The number of aryl methyl sites for hydroxylation is 1. The van der Waals surface area contributed by atoms with E-state index >= 15 is 0 Å². The number of hydrogen-bond donors (Lipinski definition) is 0. The van der Waals surface area contributed by atoms with Gasteiger partial charge in [-0.25, -0.2) is 0 Å². The molecule has 0 heterocycles. The molecule has 2 rings (SSSR count). The summed E-state index contributed by atoms with van der Waals surface area (Å²) in [6.07, 6.45) is 2.34. The standard InChI is InChI=1S/C23H31NO/c1-17(2)24(18(3)4)15-14-21(20-10-8-7-9-11-20)22-16-19(5)12-13-23(22)25-6/h7-14,16-18H,15H2,1-6H3. The Kier molecular flexibility index (Phi) is 6.83. The molecule has 2 heteroatoms. The molecule has 0 unspecified atom stereocenters. The fourth-order valence-corrected chi connectivity index (χ4v) is 3.25. The van der Waals surface area contributed by atoms with E-state index < -0.39 is 0 Å². The van der Waals surface area contributed by atoms with Gasteiger partial charge >= 0.3 is 0 Å². The van der Waals surface area contributed by atoms with Crippen LogP contribution in [0.1, 0.15) is 44.4 Å². The quantitative estimate of drug-likeness (QED) is 0.656. The minimum atomic E-state index is 0.507. The van der Waals surface area contributed by atoms with Gasteiger partial charge in [0.2, 0.25) is 0 Å². The van der Waals surface area contributed by atoms with Crippen LogP contribution >= 0.6 is 0 Å². The first-order valence-electron chi connectivity index (χ1n) is 9.10. The fraction of sp³-hybridized carbons (Fsp3) is 0.391. The summed E-state index contributed by atoms with van der Waals surface area (Å²) in [6.45, 7) is 12.1. The third-order valence-electron chi connectivity index (χ3n) is 4.56. The Labute approximate surface area is 153 Å².